The summed E-state index contributed by atoms with van der Waals surface area (Å²) in [5.41, 5.74) is 12.9. The first-order valence-electron chi connectivity index (χ1n) is 29.9. The van der Waals surface area contributed by atoms with Gasteiger partial charge in [-0.1, -0.05) is 162 Å². The minimum atomic E-state index is -0.885. The topological polar surface area (TPSA) is 70.0 Å². The van der Waals surface area contributed by atoms with Crippen LogP contribution in [0.25, 0.3) is 73.6 Å². The number of aryl methyl sites for hydroxylation is 2. The zero-order chi connectivity index (χ0) is 56.4. The van der Waals surface area contributed by atoms with Crippen molar-refractivity contribution in [1.82, 2.24) is 17.5 Å². The molecule has 0 aliphatic heterocycles. The van der Waals surface area contributed by atoms with Gasteiger partial charge in [-0.05, 0) is 118 Å². The van der Waals surface area contributed by atoms with Crippen molar-refractivity contribution in [2.24, 2.45) is 11.8 Å². The predicted molar refractivity (Wildman–Crippen MR) is 344 cm³/mol. The van der Waals surface area contributed by atoms with Gasteiger partial charge in [0.25, 0.3) is 0 Å². The molecule has 14 heteroatoms. The molecule has 6 nitrogen and oxygen atoms in total. The normalized spacial score (nSPS) is 12.4. The summed E-state index contributed by atoms with van der Waals surface area (Å²) in [5.74, 6) is 0.363. The lowest BCUT2D eigenvalue weighted by Gasteiger charge is -2.20. The average Bonchev–Trinajstić information content (AvgIpc) is 4.53. The fourth-order valence-electron chi connectivity index (χ4n) is 11.0. The highest BCUT2D eigenvalue weighted by atomic mass is 32.1. The summed E-state index contributed by atoms with van der Waals surface area (Å²) < 4.78 is 68.4. The van der Waals surface area contributed by atoms with Crippen molar-refractivity contribution in [1.29, 1.82) is 0 Å². The zero-order valence-corrected chi connectivity index (χ0v) is 53.3. The molecule has 0 saturated carbocycles. The molecule has 0 amide bonds. The van der Waals surface area contributed by atoms with E-state index >= 15 is 8.78 Å². The van der Waals surface area contributed by atoms with E-state index in [0.29, 0.717) is 52.1 Å². The van der Waals surface area contributed by atoms with Crippen LogP contribution in [-0.4, -0.2) is 30.7 Å². The number of benzene rings is 2. The molecule has 2 atom stereocenters. The molecule has 0 fully saturated rings. The van der Waals surface area contributed by atoms with Crippen molar-refractivity contribution in [3.63, 3.8) is 0 Å². The molecule has 8 aromatic rings. The smallest absolute Gasteiger partial charge is 0.172 e. The summed E-state index contributed by atoms with van der Waals surface area (Å²) in [4.78, 5) is 7.76. The van der Waals surface area contributed by atoms with Gasteiger partial charge in [0.1, 0.15) is 22.1 Å². The van der Waals surface area contributed by atoms with E-state index in [0.717, 1.165) is 153 Å². The van der Waals surface area contributed by atoms with Crippen molar-refractivity contribution in [2.45, 2.75) is 196 Å². The summed E-state index contributed by atoms with van der Waals surface area (Å²) in [7, 11) is 0. The van der Waals surface area contributed by atoms with E-state index in [1.807, 2.05) is 0 Å². The van der Waals surface area contributed by atoms with E-state index in [1.54, 1.807) is 34.0 Å². The fourth-order valence-corrected chi connectivity index (χ4v) is 16.5. The van der Waals surface area contributed by atoms with Gasteiger partial charge in [-0.3, -0.25) is 0 Å². The van der Waals surface area contributed by atoms with Crippen molar-refractivity contribution in [3.05, 3.63) is 93.0 Å². The number of unbranched alkanes of at least 4 members (excludes halogenated alkanes) is 13. The lowest BCUT2D eigenvalue weighted by atomic mass is 9.89. The van der Waals surface area contributed by atoms with Crippen molar-refractivity contribution in [2.75, 3.05) is 13.2 Å². The SMILES string of the molecule is C=C=C=CC(CCCCCC)Cc1cc(-c2c(F)c(F)c(-c3cc(CC(CCCC)CCCCCC)c(C)s3)c3nsnc23)sc1-c1ccc(-c2c(OCCCCCC)c(OCCCCCC)c(-c3ccc(C)s3)c3nsnc23)s1. The molecule has 0 N–H and O–H groups in total. The van der Waals surface area contributed by atoms with Crippen LogP contribution in [0.5, 0.6) is 11.5 Å². The Balaban J connectivity index is 1.25. The van der Waals surface area contributed by atoms with Gasteiger partial charge in [0, 0.05) is 39.0 Å². The molecule has 0 aliphatic carbocycles. The van der Waals surface area contributed by atoms with Crippen LogP contribution >= 0.6 is 68.8 Å². The van der Waals surface area contributed by atoms with Crippen LogP contribution in [0.2, 0.25) is 0 Å². The van der Waals surface area contributed by atoms with E-state index in [9.17, 15) is 0 Å². The molecule has 0 saturated heterocycles. The molecule has 6 heterocycles. The minimum Gasteiger partial charge on any atom is -0.489 e. The lowest BCUT2D eigenvalue weighted by Crippen LogP contribution is -2.06. The molecule has 80 heavy (non-hydrogen) atoms. The Bertz CT molecular complexity index is 3330. The highest BCUT2D eigenvalue weighted by Crippen LogP contribution is 2.55. The molecule has 2 aromatic carbocycles. The number of thiophene rings is 4. The maximum Gasteiger partial charge on any atom is 0.172 e. The molecular formula is C66H82F2N4O2S6. The highest BCUT2D eigenvalue weighted by Gasteiger charge is 2.32. The van der Waals surface area contributed by atoms with Crippen LogP contribution in [0, 0.1) is 37.3 Å². The fraction of sp³-hybridized carbons (Fsp3) is 0.515. The molecule has 0 bridgehead atoms. The summed E-state index contributed by atoms with van der Waals surface area (Å²) >= 11 is 8.66. The Morgan fingerprint density at radius 1 is 0.512 bits per heavy atom. The maximum absolute atomic E-state index is 17.5. The van der Waals surface area contributed by atoms with Gasteiger partial charge in [0.15, 0.2) is 23.1 Å². The number of aromatic nitrogens is 4. The zero-order valence-electron chi connectivity index (χ0n) is 48.4. The molecule has 0 radical (unpaired) electrons. The number of halogens is 2. The van der Waals surface area contributed by atoms with Gasteiger partial charge in [0.2, 0.25) is 0 Å². The Morgan fingerprint density at radius 3 is 1.55 bits per heavy atom. The van der Waals surface area contributed by atoms with Crippen molar-refractivity contribution >= 4 is 90.9 Å². The molecule has 8 rings (SSSR count). The third-order valence-electron chi connectivity index (χ3n) is 15.4. The lowest BCUT2D eigenvalue weighted by molar-refractivity contribution is 0.261. The second kappa shape index (κ2) is 31.3. The number of ether oxygens (including phenoxy) is 2. The van der Waals surface area contributed by atoms with E-state index < -0.39 is 11.6 Å². The summed E-state index contributed by atoms with van der Waals surface area (Å²) in [6.07, 6.45) is 27.5. The monoisotopic (exact) mass is 1190 g/mol. The predicted octanol–water partition coefficient (Wildman–Crippen LogP) is 23.0. The largest absolute Gasteiger partial charge is 0.489 e. The number of nitrogens with zero attached hydrogens (tertiary/aromatic N) is 4. The number of fused-ring (bicyclic) bond motifs is 2. The van der Waals surface area contributed by atoms with E-state index in [-0.39, 0.29) is 17.0 Å². The van der Waals surface area contributed by atoms with Gasteiger partial charge in [-0.25, -0.2) is 8.78 Å². The third-order valence-corrected chi connectivity index (χ3v) is 21.0. The van der Waals surface area contributed by atoms with Gasteiger partial charge in [-0.15, -0.1) is 45.3 Å². The Kier molecular flexibility index (Phi) is 24.2. The summed E-state index contributed by atoms with van der Waals surface area (Å²) in [6.45, 7) is 20.4. The Labute approximate surface area is 500 Å². The number of hydrogen-bond acceptors (Lipinski definition) is 12. The van der Waals surface area contributed by atoms with E-state index in [4.69, 9.17) is 27.0 Å². The minimum absolute atomic E-state index is 0.125. The van der Waals surface area contributed by atoms with E-state index in [2.05, 4.69) is 109 Å². The second-order valence-corrected chi connectivity index (χ2v) is 27.4. The second-order valence-electron chi connectivity index (χ2n) is 21.6. The maximum atomic E-state index is 17.5. The standard InChI is InChI=1S/C66H82F2N4O2S6/c1-9-15-21-25-31-45(29-19-13-5)39-47-41-52(76-44(47)8)54-58(67)59(68)55(61-60(54)69-79-70-61)53-42-48(40-46(30-20-14-6)32-26-22-16-10-2)66(78-53)51-36-35-50(77-51)57-63-62(71-80-72-63)56(49-34-33-43(7)75-49)64(73-37-27-23-17-11-3)65(57)74-38-28-24-18-12-4/h30,33-36,41-42,45-46H,6,9-13,15-19,21-29,31-32,37-40H2,1-5,7-8H3. The average molecular weight is 1190 g/mol. The van der Waals surface area contributed by atoms with Gasteiger partial charge in [0.05, 0.1) is 58.9 Å². The number of allylic oxidation sites excluding steroid dienone is 1. The number of hydrogen-bond donors (Lipinski definition) is 0. The summed E-state index contributed by atoms with van der Waals surface area (Å²) in [6, 6.07) is 12.8. The van der Waals surface area contributed by atoms with Crippen LogP contribution in [-0.2, 0) is 12.8 Å². The molecular weight excluding hydrogens is 1110 g/mol. The summed E-state index contributed by atoms with van der Waals surface area (Å²) in [5, 5.41) is 0. The molecule has 2 unspecified atom stereocenters. The van der Waals surface area contributed by atoms with Gasteiger partial charge in [-0.2, -0.15) is 17.5 Å². The van der Waals surface area contributed by atoms with Crippen LogP contribution < -0.4 is 9.47 Å². The van der Waals surface area contributed by atoms with Gasteiger partial charge >= 0.3 is 0 Å². The van der Waals surface area contributed by atoms with Crippen LogP contribution in [0.1, 0.15) is 190 Å². The Hall–Kier alpha value is -4.36. The quantitative estimate of drug-likeness (QED) is 0.0291. The van der Waals surface area contributed by atoms with Crippen molar-refractivity contribution in [3.8, 4) is 63.0 Å². The van der Waals surface area contributed by atoms with Gasteiger partial charge < -0.3 is 9.47 Å². The first-order chi connectivity index (χ1) is 39.1. The van der Waals surface area contributed by atoms with E-state index in [1.165, 1.54) is 91.3 Å². The Morgan fingerprint density at radius 2 is 1.00 bits per heavy atom. The van der Waals surface area contributed by atoms with Crippen LogP contribution in [0.15, 0.2) is 60.5 Å². The molecule has 0 spiro atoms. The van der Waals surface area contributed by atoms with Crippen molar-refractivity contribution < 1.29 is 18.3 Å². The molecule has 0 aliphatic rings. The number of rotatable bonds is 35. The highest BCUT2D eigenvalue weighted by molar-refractivity contribution is 7.25. The molecule has 6 aromatic heterocycles. The van der Waals surface area contributed by atoms with Crippen LogP contribution in [0.4, 0.5) is 8.78 Å². The van der Waals surface area contributed by atoms with Crippen LogP contribution in [0.3, 0.4) is 0 Å². The molecule has 428 valence electrons. The first kappa shape index (κ1) is 61.7. The third kappa shape index (κ3) is 15.2. The first-order valence-corrected chi connectivity index (χ1v) is 34.6.